The van der Waals surface area contributed by atoms with Crippen LogP contribution in [-0.4, -0.2) is 7.11 Å². The number of fused-ring (bicyclic) bond motifs is 1. The molecule has 0 spiro atoms. The van der Waals surface area contributed by atoms with Crippen LogP contribution in [0.25, 0.3) is 22.2 Å². The first-order chi connectivity index (χ1) is 8.81. The van der Waals surface area contributed by atoms with Gasteiger partial charge in [-0.25, -0.2) is 0 Å². The molecule has 0 unspecified atom stereocenters. The maximum absolute atomic E-state index is 11.9. The van der Waals surface area contributed by atoms with E-state index in [1.807, 2.05) is 42.5 Å². The van der Waals surface area contributed by atoms with Gasteiger partial charge in [0.05, 0.1) is 28.5 Å². The zero-order valence-corrected chi connectivity index (χ0v) is 9.79. The van der Waals surface area contributed by atoms with Gasteiger partial charge in [0.25, 0.3) is 5.69 Å². The normalized spacial score (nSPS) is 10.7. The minimum Gasteiger partial charge on any atom is -0.496 e. The summed E-state index contributed by atoms with van der Waals surface area (Å²) in [5.74, 6) is 0.647. The summed E-state index contributed by atoms with van der Waals surface area (Å²) in [5, 5.41) is 12.7. The van der Waals surface area contributed by atoms with Gasteiger partial charge in [0, 0.05) is 0 Å². The standard InChI is InChI=1S/C14H11NO3/c1-17-12-8-4-2-6-10(12)14-11-7-3-5-9-13(11)18-15(14)16/h2-9H,1H3. The molecule has 3 rings (SSSR count). The fraction of sp³-hybridized carbons (Fsp3) is 0.0714. The molecule has 0 saturated heterocycles. The summed E-state index contributed by atoms with van der Waals surface area (Å²) in [6.07, 6.45) is 0. The average molecular weight is 241 g/mol. The SMILES string of the molecule is COc1ccccc1-c1c2ccccc2o[n+]1[O-]. The maximum Gasteiger partial charge on any atom is 0.288 e. The predicted molar refractivity (Wildman–Crippen MR) is 67.2 cm³/mol. The van der Waals surface area contributed by atoms with E-state index < -0.39 is 0 Å². The molecule has 0 saturated carbocycles. The molecule has 18 heavy (non-hydrogen) atoms. The third-order valence-corrected chi connectivity index (χ3v) is 2.87. The Bertz CT molecular complexity index is 703. The molecule has 0 aliphatic carbocycles. The van der Waals surface area contributed by atoms with Gasteiger partial charge < -0.3 is 9.26 Å². The molecule has 0 aliphatic heterocycles. The van der Waals surface area contributed by atoms with Crippen LogP contribution in [0.2, 0.25) is 0 Å². The van der Waals surface area contributed by atoms with Crippen LogP contribution in [0.4, 0.5) is 0 Å². The van der Waals surface area contributed by atoms with Crippen LogP contribution in [0, 0.1) is 5.21 Å². The highest BCUT2D eigenvalue weighted by Crippen LogP contribution is 2.32. The molecule has 4 nitrogen and oxygen atoms in total. The molecule has 0 aliphatic rings. The zero-order chi connectivity index (χ0) is 12.5. The van der Waals surface area contributed by atoms with Gasteiger partial charge in [0.2, 0.25) is 0 Å². The van der Waals surface area contributed by atoms with Crippen molar-refractivity contribution in [1.29, 1.82) is 0 Å². The van der Waals surface area contributed by atoms with Crippen molar-refractivity contribution in [2.24, 2.45) is 0 Å². The van der Waals surface area contributed by atoms with Crippen molar-refractivity contribution < 1.29 is 14.2 Å². The minimum absolute atomic E-state index is 0.475. The van der Waals surface area contributed by atoms with Crippen LogP contribution in [0.5, 0.6) is 5.75 Å². The molecular formula is C14H11NO3. The molecule has 1 heterocycles. The lowest BCUT2D eigenvalue weighted by molar-refractivity contribution is -0.779. The van der Waals surface area contributed by atoms with Gasteiger partial charge in [-0.15, -0.1) is 0 Å². The molecule has 0 amide bonds. The smallest absolute Gasteiger partial charge is 0.288 e. The second-order valence-corrected chi connectivity index (χ2v) is 3.89. The number of methoxy groups -OCH3 is 1. The molecule has 0 fully saturated rings. The average Bonchev–Trinajstić information content (AvgIpc) is 2.74. The highest BCUT2D eigenvalue weighted by atomic mass is 16.7. The van der Waals surface area contributed by atoms with Crippen molar-refractivity contribution in [1.82, 2.24) is 0 Å². The number of rotatable bonds is 2. The molecular weight excluding hydrogens is 230 g/mol. The van der Waals surface area contributed by atoms with E-state index >= 15 is 0 Å². The fourth-order valence-electron chi connectivity index (χ4n) is 2.06. The maximum atomic E-state index is 11.9. The van der Waals surface area contributed by atoms with Crippen LogP contribution >= 0.6 is 0 Å². The Kier molecular flexibility index (Phi) is 2.41. The van der Waals surface area contributed by atoms with Gasteiger partial charge in [0.15, 0.2) is 0 Å². The number of hydrogen-bond acceptors (Lipinski definition) is 3. The van der Waals surface area contributed by atoms with Crippen LogP contribution in [0.15, 0.2) is 53.1 Å². The second-order valence-electron chi connectivity index (χ2n) is 3.89. The fourth-order valence-corrected chi connectivity index (χ4v) is 2.06. The van der Waals surface area contributed by atoms with Crippen molar-refractivity contribution in [2.45, 2.75) is 0 Å². The Morgan fingerprint density at radius 2 is 1.78 bits per heavy atom. The third-order valence-electron chi connectivity index (χ3n) is 2.87. The van der Waals surface area contributed by atoms with Gasteiger partial charge in [-0.2, -0.15) is 0 Å². The molecule has 0 N–H and O–H groups in total. The summed E-state index contributed by atoms with van der Waals surface area (Å²) in [6, 6.07) is 14.7. The Labute approximate surface area is 104 Å². The van der Waals surface area contributed by atoms with Crippen molar-refractivity contribution in [3.05, 3.63) is 53.7 Å². The van der Waals surface area contributed by atoms with E-state index in [9.17, 15) is 5.21 Å². The first kappa shape index (κ1) is 10.7. The molecule has 1 aromatic heterocycles. The van der Waals surface area contributed by atoms with Gasteiger partial charge >= 0.3 is 0 Å². The Hall–Kier alpha value is -2.49. The first-order valence-corrected chi connectivity index (χ1v) is 5.56. The van der Waals surface area contributed by atoms with E-state index in [4.69, 9.17) is 9.26 Å². The van der Waals surface area contributed by atoms with Crippen LogP contribution in [-0.2, 0) is 0 Å². The molecule has 3 aromatic rings. The van der Waals surface area contributed by atoms with E-state index in [0.717, 1.165) is 10.9 Å². The second kappa shape index (κ2) is 4.07. The lowest BCUT2D eigenvalue weighted by atomic mass is 10.1. The van der Waals surface area contributed by atoms with Gasteiger partial charge in [-0.3, -0.25) is 5.21 Å². The van der Waals surface area contributed by atoms with Gasteiger partial charge in [-0.05, 0) is 24.3 Å². The summed E-state index contributed by atoms with van der Waals surface area (Å²) in [7, 11) is 1.58. The van der Waals surface area contributed by atoms with Crippen molar-refractivity contribution >= 4 is 11.0 Å². The number of nitrogens with zero attached hydrogens (tertiary/aromatic N) is 1. The number of para-hydroxylation sites is 2. The van der Waals surface area contributed by atoms with E-state index in [1.165, 1.54) is 0 Å². The zero-order valence-electron chi connectivity index (χ0n) is 9.79. The summed E-state index contributed by atoms with van der Waals surface area (Å²) in [5.41, 5.74) is 1.76. The highest BCUT2D eigenvalue weighted by Gasteiger charge is 2.21. The number of benzene rings is 2. The number of aromatic nitrogens is 1. The third kappa shape index (κ3) is 1.50. The summed E-state index contributed by atoms with van der Waals surface area (Å²) in [4.78, 5) is 0.530. The molecule has 4 heteroatoms. The number of hydrogen-bond donors (Lipinski definition) is 0. The monoisotopic (exact) mass is 241 g/mol. The van der Waals surface area contributed by atoms with Crippen molar-refractivity contribution in [2.75, 3.05) is 7.11 Å². The van der Waals surface area contributed by atoms with E-state index in [2.05, 4.69) is 0 Å². The van der Waals surface area contributed by atoms with Crippen molar-refractivity contribution in [3.8, 4) is 17.0 Å². The van der Waals surface area contributed by atoms with Crippen LogP contribution in [0.1, 0.15) is 0 Å². The first-order valence-electron chi connectivity index (χ1n) is 5.56. The van der Waals surface area contributed by atoms with E-state index in [-0.39, 0.29) is 0 Å². The molecule has 0 atom stereocenters. The lowest BCUT2D eigenvalue weighted by Crippen LogP contribution is -2.25. The molecule has 90 valence electrons. The minimum atomic E-state index is 0.475. The van der Waals surface area contributed by atoms with Crippen LogP contribution in [0.3, 0.4) is 0 Å². The quantitative estimate of drug-likeness (QED) is 0.648. The topological polar surface area (TPSA) is 49.3 Å². The largest absolute Gasteiger partial charge is 0.496 e. The predicted octanol–water partition coefficient (Wildman–Crippen LogP) is 2.74. The lowest BCUT2D eigenvalue weighted by Gasteiger charge is -2.03. The summed E-state index contributed by atoms with van der Waals surface area (Å²) < 4.78 is 10.4. The van der Waals surface area contributed by atoms with E-state index in [0.29, 0.717) is 21.9 Å². The Morgan fingerprint density at radius 1 is 1.06 bits per heavy atom. The molecule has 0 radical (unpaired) electrons. The van der Waals surface area contributed by atoms with Gasteiger partial charge in [-0.1, -0.05) is 24.3 Å². The van der Waals surface area contributed by atoms with Crippen molar-refractivity contribution in [3.63, 3.8) is 0 Å². The Balaban J connectivity index is 2.34. The van der Waals surface area contributed by atoms with E-state index in [1.54, 1.807) is 13.2 Å². The highest BCUT2D eigenvalue weighted by molar-refractivity contribution is 5.91. The molecule has 0 bridgehead atoms. The van der Waals surface area contributed by atoms with Gasteiger partial charge in [0.1, 0.15) is 5.75 Å². The van der Waals surface area contributed by atoms with Crippen LogP contribution < -0.4 is 9.64 Å². The number of ether oxygens (including phenoxy) is 1. The summed E-state index contributed by atoms with van der Waals surface area (Å²) in [6.45, 7) is 0. The Morgan fingerprint density at radius 3 is 2.61 bits per heavy atom. The summed E-state index contributed by atoms with van der Waals surface area (Å²) >= 11 is 0. The molecule has 2 aromatic carbocycles.